The molecule has 0 saturated heterocycles. The van der Waals surface area contributed by atoms with Gasteiger partial charge >= 0.3 is 5.97 Å². The maximum atomic E-state index is 12.3. The lowest BCUT2D eigenvalue weighted by Gasteiger charge is -2.38. The largest absolute Gasteiger partial charge is 0.384 e. The number of hydrogen-bond donors (Lipinski definition) is 0. The fourth-order valence-corrected chi connectivity index (χ4v) is 2.72. The SMILES string of the molecule is COCC1(C(=O)ON2C(=O)c3ccccc3C2=O)CCC1. The number of methoxy groups -OCH3 is 1. The van der Waals surface area contributed by atoms with E-state index in [1.54, 1.807) is 12.1 Å². The number of ether oxygens (including phenoxy) is 1. The second-order valence-corrected chi connectivity index (χ2v) is 5.40. The molecule has 0 N–H and O–H groups in total. The van der Waals surface area contributed by atoms with Crippen molar-refractivity contribution in [3.05, 3.63) is 35.4 Å². The van der Waals surface area contributed by atoms with E-state index in [4.69, 9.17) is 9.57 Å². The number of hydrogen-bond acceptors (Lipinski definition) is 5. The van der Waals surface area contributed by atoms with Crippen LogP contribution in [0.5, 0.6) is 0 Å². The molecule has 0 bridgehead atoms. The van der Waals surface area contributed by atoms with Crippen LogP contribution in [-0.2, 0) is 14.4 Å². The summed E-state index contributed by atoms with van der Waals surface area (Å²) in [6.07, 6.45) is 2.19. The topological polar surface area (TPSA) is 72.9 Å². The van der Waals surface area contributed by atoms with Crippen molar-refractivity contribution < 1.29 is 24.0 Å². The third-order valence-corrected chi connectivity index (χ3v) is 4.10. The molecular formula is C15H15NO5. The van der Waals surface area contributed by atoms with Crippen molar-refractivity contribution in [3.8, 4) is 0 Å². The average Bonchev–Trinajstić information content (AvgIpc) is 2.68. The minimum absolute atomic E-state index is 0.231. The van der Waals surface area contributed by atoms with Crippen LogP contribution in [0.1, 0.15) is 40.0 Å². The molecule has 1 saturated carbocycles. The van der Waals surface area contributed by atoms with E-state index in [2.05, 4.69) is 0 Å². The van der Waals surface area contributed by atoms with Crippen molar-refractivity contribution in [1.29, 1.82) is 0 Å². The van der Waals surface area contributed by atoms with Crippen molar-refractivity contribution in [2.75, 3.05) is 13.7 Å². The molecule has 0 atom stereocenters. The van der Waals surface area contributed by atoms with Gasteiger partial charge in [0.25, 0.3) is 11.8 Å². The molecule has 0 spiro atoms. The van der Waals surface area contributed by atoms with Gasteiger partial charge in [0.1, 0.15) is 0 Å². The number of nitrogens with zero attached hydrogens (tertiary/aromatic N) is 1. The predicted octanol–water partition coefficient (Wildman–Crippen LogP) is 1.56. The van der Waals surface area contributed by atoms with Crippen molar-refractivity contribution in [3.63, 3.8) is 0 Å². The fourth-order valence-electron chi connectivity index (χ4n) is 2.72. The molecule has 0 aromatic heterocycles. The highest BCUT2D eigenvalue weighted by Gasteiger charge is 2.49. The molecule has 21 heavy (non-hydrogen) atoms. The molecule has 1 aliphatic carbocycles. The maximum absolute atomic E-state index is 12.3. The van der Waals surface area contributed by atoms with E-state index < -0.39 is 23.2 Å². The van der Waals surface area contributed by atoms with E-state index in [1.807, 2.05) is 0 Å². The van der Waals surface area contributed by atoms with Crippen LogP contribution in [0.3, 0.4) is 0 Å². The lowest BCUT2D eigenvalue weighted by Crippen LogP contribution is -2.47. The number of benzene rings is 1. The van der Waals surface area contributed by atoms with Gasteiger partial charge in [0.2, 0.25) is 0 Å². The fraction of sp³-hybridized carbons (Fsp3) is 0.400. The Kier molecular flexibility index (Phi) is 3.25. The Balaban J connectivity index is 1.79. The molecule has 2 amide bonds. The van der Waals surface area contributed by atoms with Gasteiger partial charge in [0.15, 0.2) is 0 Å². The van der Waals surface area contributed by atoms with Gasteiger partial charge in [0, 0.05) is 7.11 Å². The molecule has 1 aromatic rings. The number of carbonyl (C=O) groups is 3. The summed E-state index contributed by atoms with van der Waals surface area (Å²) in [6, 6.07) is 6.40. The molecule has 1 heterocycles. The van der Waals surface area contributed by atoms with Gasteiger partial charge in [-0.05, 0) is 25.0 Å². The molecule has 0 radical (unpaired) electrons. The summed E-state index contributed by atoms with van der Waals surface area (Å²) < 4.78 is 5.06. The Labute approximate surface area is 121 Å². The Morgan fingerprint density at radius 1 is 1.19 bits per heavy atom. The van der Waals surface area contributed by atoms with Crippen molar-refractivity contribution >= 4 is 17.8 Å². The third kappa shape index (κ3) is 2.03. The Morgan fingerprint density at radius 3 is 2.19 bits per heavy atom. The van der Waals surface area contributed by atoms with Gasteiger partial charge in [-0.1, -0.05) is 23.6 Å². The van der Waals surface area contributed by atoms with E-state index >= 15 is 0 Å². The van der Waals surface area contributed by atoms with Crippen LogP contribution >= 0.6 is 0 Å². The first-order chi connectivity index (χ1) is 10.1. The highest BCUT2D eigenvalue weighted by Crippen LogP contribution is 2.42. The summed E-state index contributed by atoms with van der Waals surface area (Å²) in [4.78, 5) is 41.6. The Morgan fingerprint density at radius 2 is 1.76 bits per heavy atom. The zero-order valence-electron chi connectivity index (χ0n) is 11.6. The Hall–Kier alpha value is -2.21. The smallest absolute Gasteiger partial charge is 0.341 e. The summed E-state index contributed by atoms with van der Waals surface area (Å²) in [7, 11) is 1.51. The Bertz CT molecular complexity index is 585. The van der Waals surface area contributed by atoms with Gasteiger partial charge in [-0.15, -0.1) is 0 Å². The summed E-state index contributed by atoms with van der Waals surface area (Å²) >= 11 is 0. The summed E-state index contributed by atoms with van der Waals surface area (Å²) in [5.41, 5.74) is -0.223. The summed E-state index contributed by atoms with van der Waals surface area (Å²) in [6.45, 7) is 0.231. The standard InChI is InChI=1S/C15H15NO5/c1-20-9-15(7-4-8-15)14(19)21-16-12(17)10-5-2-3-6-11(10)13(16)18/h2-3,5-6H,4,7-9H2,1H3. The number of amides is 2. The second-order valence-electron chi connectivity index (χ2n) is 5.40. The molecule has 6 nitrogen and oxygen atoms in total. The van der Waals surface area contributed by atoms with Crippen LogP contribution in [0.2, 0.25) is 0 Å². The second kappa shape index (κ2) is 4.96. The molecule has 3 rings (SSSR count). The summed E-state index contributed by atoms with van der Waals surface area (Å²) in [5.74, 6) is -1.78. The van der Waals surface area contributed by atoms with Crippen molar-refractivity contribution in [2.24, 2.45) is 5.41 Å². The lowest BCUT2D eigenvalue weighted by molar-refractivity contribution is -0.191. The van der Waals surface area contributed by atoms with Crippen LogP contribution < -0.4 is 0 Å². The van der Waals surface area contributed by atoms with Crippen LogP contribution in [0.4, 0.5) is 0 Å². The zero-order valence-corrected chi connectivity index (χ0v) is 11.6. The molecule has 1 fully saturated rings. The van der Waals surface area contributed by atoms with Crippen LogP contribution in [-0.4, -0.2) is 36.6 Å². The molecule has 1 aliphatic heterocycles. The highest BCUT2D eigenvalue weighted by atomic mass is 16.7. The number of fused-ring (bicyclic) bond motifs is 1. The number of hydroxylamine groups is 2. The first-order valence-corrected chi connectivity index (χ1v) is 6.78. The van der Waals surface area contributed by atoms with Crippen LogP contribution in [0, 0.1) is 5.41 Å². The first kappa shape index (κ1) is 13.8. The number of rotatable bonds is 4. The molecule has 6 heteroatoms. The molecule has 0 unspecified atom stereocenters. The molecular weight excluding hydrogens is 274 g/mol. The van der Waals surface area contributed by atoms with Crippen molar-refractivity contribution in [2.45, 2.75) is 19.3 Å². The van der Waals surface area contributed by atoms with Crippen LogP contribution in [0.25, 0.3) is 0 Å². The quantitative estimate of drug-likeness (QED) is 0.786. The first-order valence-electron chi connectivity index (χ1n) is 6.78. The van der Waals surface area contributed by atoms with E-state index in [0.29, 0.717) is 17.9 Å². The number of carbonyl (C=O) groups excluding carboxylic acids is 3. The molecule has 1 aromatic carbocycles. The van der Waals surface area contributed by atoms with E-state index in [0.717, 1.165) is 6.42 Å². The van der Waals surface area contributed by atoms with E-state index in [1.165, 1.54) is 19.2 Å². The van der Waals surface area contributed by atoms with Gasteiger partial charge in [0.05, 0.1) is 23.1 Å². The van der Waals surface area contributed by atoms with Gasteiger partial charge < -0.3 is 9.57 Å². The zero-order chi connectivity index (χ0) is 15.0. The van der Waals surface area contributed by atoms with E-state index in [9.17, 15) is 14.4 Å². The molecule has 2 aliphatic rings. The van der Waals surface area contributed by atoms with Crippen LogP contribution in [0.15, 0.2) is 24.3 Å². The average molecular weight is 289 g/mol. The van der Waals surface area contributed by atoms with Crippen molar-refractivity contribution in [1.82, 2.24) is 5.06 Å². The lowest BCUT2D eigenvalue weighted by atomic mass is 9.69. The highest BCUT2D eigenvalue weighted by molar-refractivity contribution is 6.20. The van der Waals surface area contributed by atoms with Gasteiger partial charge in [-0.3, -0.25) is 9.59 Å². The third-order valence-electron chi connectivity index (χ3n) is 4.10. The monoisotopic (exact) mass is 289 g/mol. The minimum Gasteiger partial charge on any atom is -0.384 e. The van der Waals surface area contributed by atoms with E-state index in [-0.39, 0.29) is 17.7 Å². The summed E-state index contributed by atoms with van der Waals surface area (Å²) in [5, 5.41) is 0.558. The predicted molar refractivity (Wildman–Crippen MR) is 71.2 cm³/mol. The van der Waals surface area contributed by atoms with Gasteiger partial charge in [-0.2, -0.15) is 0 Å². The normalized spacial score (nSPS) is 19.2. The molecule has 110 valence electrons. The maximum Gasteiger partial charge on any atom is 0.341 e. The number of imide groups is 1. The van der Waals surface area contributed by atoms with Gasteiger partial charge in [-0.25, -0.2) is 4.79 Å². The minimum atomic E-state index is -0.732.